The molecule has 0 aliphatic rings. The van der Waals surface area contributed by atoms with Crippen LogP contribution in [-0.2, 0) is 25.4 Å². The van der Waals surface area contributed by atoms with Gasteiger partial charge in [0.1, 0.15) is 0 Å². The third kappa shape index (κ3) is 4.01. The highest BCUT2D eigenvalue weighted by Gasteiger charge is 2.22. The first-order chi connectivity index (χ1) is 14.8. The number of carbonyl (C=O) groups excluding carboxylic acids is 1. The van der Waals surface area contributed by atoms with Gasteiger partial charge in [0.25, 0.3) is 5.56 Å². The average molecular weight is 478 g/mol. The quantitative estimate of drug-likeness (QED) is 0.437. The summed E-state index contributed by atoms with van der Waals surface area (Å²) in [6, 6.07) is 7.29. The van der Waals surface area contributed by atoms with Crippen molar-refractivity contribution in [3.05, 3.63) is 55.7 Å². The number of anilines is 1. The van der Waals surface area contributed by atoms with E-state index in [2.05, 4.69) is 20.5 Å². The summed E-state index contributed by atoms with van der Waals surface area (Å²) in [5.41, 5.74) is 0.395. The first kappa shape index (κ1) is 21.3. The topological polar surface area (TPSA) is 117 Å². The zero-order valence-electron chi connectivity index (χ0n) is 16.6. The van der Waals surface area contributed by atoms with Crippen molar-refractivity contribution in [1.29, 1.82) is 0 Å². The Morgan fingerprint density at radius 3 is 2.65 bits per heavy atom. The molecule has 1 aromatic carbocycles. The number of halogens is 1. The second-order valence-electron chi connectivity index (χ2n) is 6.61. The van der Waals surface area contributed by atoms with E-state index in [1.165, 1.54) is 41.6 Å². The van der Waals surface area contributed by atoms with Crippen LogP contribution in [0.15, 0.2) is 43.4 Å². The molecule has 1 amide bonds. The van der Waals surface area contributed by atoms with E-state index in [4.69, 9.17) is 11.6 Å². The van der Waals surface area contributed by atoms with Crippen molar-refractivity contribution in [2.45, 2.75) is 23.0 Å². The molecule has 4 rings (SSSR count). The summed E-state index contributed by atoms with van der Waals surface area (Å²) in [5, 5.41) is 11.9. The molecule has 0 bridgehead atoms. The van der Waals surface area contributed by atoms with Crippen molar-refractivity contribution in [1.82, 2.24) is 28.9 Å². The van der Waals surface area contributed by atoms with Gasteiger partial charge in [0, 0.05) is 26.0 Å². The minimum atomic E-state index is -0.472. The van der Waals surface area contributed by atoms with Gasteiger partial charge in [-0.2, -0.15) is 0 Å². The maximum Gasteiger partial charge on any atom is 0.332 e. The van der Waals surface area contributed by atoms with Crippen LogP contribution in [0.2, 0.25) is 5.02 Å². The molecule has 0 aliphatic carbocycles. The molecule has 0 aliphatic heterocycles. The van der Waals surface area contributed by atoms with E-state index in [1.807, 2.05) is 18.2 Å². The summed E-state index contributed by atoms with van der Waals surface area (Å²) < 4.78 is 4.60. The average Bonchev–Trinajstić information content (AvgIpc) is 3.31. The zero-order valence-corrected chi connectivity index (χ0v) is 19.0. The Hall–Kier alpha value is -2.96. The van der Waals surface area contributed by atoms with E-state index in [-0.39, 0.29) is 23.6 Å². The smallest absolute Gasteiger partial charge is 0.308 e. The molecule has 10 nitrogen and oxygen atoms in total. The minimum absolute atomic E-state index is 0.253. The van der Waals surface area contributed by atoms with Crippen LogP contribution < -0.4 is 16.6 Å². The third-order valence-electron chi connectivity index (χ3n) is 4.47. The minimum Gasteiger partial charge on any atom is -0.308 e. The molecule has 0 spiro atoms. The van der Waals surface area contributed by atoms with Crippen LogP contribution >= 0.6 is 34.7 Å². The Bertz CT molecular complexity index is 1440. The van der Waals surface area contributed by atoms with Crippen molar-refractivity contribution < 1.29 is 4.79 Å². The van der Waals surface area contributed by atoms with Crippen LogP contribution in [-0.4, -0.2) is 34.8 Å². The number of carbonyl (C=O) groups is 1. The van der Waals surface area contributed by atoms with Crippen LogP contribution in [0.25, 0.3) is 11.2 Å². The molecule has 31 heavy (non-hydrogen) atoms. The first-order valence-electron chi connectivity index (χ1n) is 8.95. The third-order valence-corrected chi connectivity index (χ3v) is 6.72. The lowest BCUT2D eigenvalue weighted by molar-refractivity contribution is -0.114. The summed E-state index contributed by atoms with van der Waals surface area (Å²) in [5.74, 6) is -0.253. The molecule has 3 aromatic heterocycles. The molecule has 3 heterocycles. The fraction of sp³-hybridized carbons (Fsp3) is 0.222. The Kier molecular flexibility index (Phi) is 5.69. The van der Waals surface area contributed by atoms with Gasteiger partial charge in [-0.15, -0.1) is 10.2 Å². The maximum atomic E-state index is 13.0. The number of benzene rings is 1. The van der Waals surface area contributed by atoms with Gasteiger partial charge >= 0.3 is 5.69 Å². The molecule has 0 saturated heterocycles. The van der Waals surface area contributed by atoms with Crippen LogP contribution in [0.3, 0.4) is 0 Å². The lowest BCUT2D eigenvalue weighted by Crippen LogP contribution is -2.37. The number of aryl methyl sites for hydroxylation is 1. The zero-order chi connectivity index (χ0) is 22.3. The van der Waals surface area contributed by atoms with Gasteiger partial charge in [-0.3, -0.25) is 18.7 Å². The number of hydrogen-bond acceptors (Lipinski definition) is 8. The van der Waals surface area contributed by atoms with Crippen molar-refractivity contribution in [3.8, 4) is 0 Å². The Morgan fingerprint density at radius 2 is 1.94 bits per heavy atom. The van der Waals surface area contributed by atoms with Crippen LogP contribution in [0, 0.1) is 0 Å². The number of aromatic nitrogens is 6. The predicted molar refractivity (Wildman–Crippen MR) is 119 cm³/mol. The predicted octanol–water partition coefficient (Wildman–Crippen LogP) is 2.10. The maximum absolute atomic E-state index is 13.0. The lowest BCUT2D eigenvalue weighted by Gasteiger charge is -2.10. The van der Waals surface area contributed by atoms with E-state index in [9.17, 15) is 14.4 Å². The molecule has 1 N–H and O–H groups in total. The molecule has 0 atom stereocenters. The monoisotopic (exact) mass is 477 g/mol. The van der Waals surface area contributed by atoms with E-state index >= 15 is 0 Å². The number of nitrogens with one attached hydrogen (secondary N) is 1. The summed E-state index contributed by atoms with van der Waals surface area (Å²) in [7, 11) is 2.99. The van der Waals surface area contributed by atoms with Gasteiger partial charge in [0.05, 0.1) is 6.54 Å². The Balaban J connectivity index is 1.88. The molecule has 0 saturated carbocycles. The fourth-order valence-corrected chi connectivity index (χ4v) is 4.96. The van der Waals surface area contributed by atoms with Gasteiger partial charge in [0.2, 0.25) is 11.0 Å². The molecule has 0 unspecified atom stereocenters. The van der Waals surface area contributed by atoms with Gasteiger partial charge in [0.15, 0.2) is 20.7 Å². The summed E-state index contributed by atoms with van der Waals surface area (Å²) in [4.78, 5) is 41.2. The summed E-state index contributed by atoms with van der Waals surface area (Å²) >= 11 is 8.70. The molecule has 0 radical (unpaired) electrons. The largest absolute Gasteiger partial charge is 0.332 e. The van der Waals surface area contributed by atoms with Crippen LogP contribution in [0.5, 0.6) is 0 Å². The standard InChI is InChI=1S/C18H16ClN7O3S2/c1-9(27)20-15-22-23-17(30-15)31-16-21-13-12(14(28)25(3)18(29)24(13)2)26(16)8-10-6-4-5-7-11(10)19/h4-7H,8H2,1-3H3,(H,20,22,27). The first-order valence-corrected chi connectivity index (χ1v) is 11.0. The normalized spacial score (nSPS) is 11.2. The van der Waals surface area contributed by atoms with Crippen molar-refractivity contribution >= 4 is 56.9 Å². The SMILES string of the molecule is CC(=O)Nc1nnc(Sc2nc3c(c(=O)n(C)c(=O)n3C)n2Cc2ccccc2Cl)s1. The number of hydrogen-bond donors (Lipinski definition) is 1. The van der Waals surface area contributed by atoms with Gasteiger partial charge in [-0.05, 0) is 23.4 Å². The number of amides is 1. The second kappa shape index (κ2) is 8.29. The highest BCUT2D eigenvalue weighted by molar-refractivity contribution is 8.01. The Morgan fingerprint density at radius 1 is 1.19 bits per heavy atom. The van der Waals surface area contributed by atoms with Gasteiger partial charge in [-0.1, -0.05) is 41.1 Å². The highest BCUT2D eigenvalue weighted by atomic mass is 35.5. The van der Waals surface area contributed by atoms with Crippen molar-refractivity contribution in [2.24, 2.45) is 14.1 Å². The molecule has 13 heteroatoms. The Labute approximate surface area is 188 Å². The summed E-state index contributed by atoms with van der Waals surface area (Å²) in [6.07, 6.45) is 0. The lowest BCUT2D eigenvalue weighted by atomic mass is 10.2. The van der Waals surface area contributed by atoms with Gasteiger partial charge < -0.3 is 9.88 Å². The molecule has 0 fully saturated rings. The second-order valence-corrected chi connectivity index (χ2v) is 9.21. The van der Waals surface area contributed by atoms with E-state index in [0.717, 1.165) is 10.1 Å². The number of nitrogens with zero attached hydrogens (tertiary/aromatic N) is 6. The van der Waals surface area contributed by atoms with Gasteiger partial charge in [-0.25, -0.2) is 9.78 Å². The highest BCUT2D eigenvalue weighted by Crippen LogP contribution is 2.33. The fourth-order valence-electron chi connectivity index (χ4n) is 2.98. The number of imidazole rings is 1. The van der Waals surface area contributed by atoms with Crippen LogP contribution in [0.1, 0.15) is 12.5 Å². The summed E-state index contributed by atoms with van der Waals surface area (Å²) in [6.45, 7) is 1.65. The number of fused-ring (bicyclic) bond motifs is 1. The molecule has 4 aromatic rings. The number of rotatable bonds is 5. The van der Waals surface area contributed by atoms with Crippen molar-refractivity contribution in [3.63, 3.8) is 0 Å². The van der Waals surface area contributed by atoms with Crippen LogP contribution in [0.4, 0.5) is 5.13 Å². The molecular weight excluding hydrogens is 462 g/mol. The van der Waals surface area contributed by atoms with E-state index < -0.39 is 11.2 Å². The van der Waals surface area contributed by atoms with Crippen molar-refractivity contribution in [2.75, 3.05) is 5.32 Å². The molecular formula is C18H16ClN7O3S2. The van der Waals surface area contributed by atoms with E-state index in [0.29, 0.717) is 19.7 Å². The van der Waals surface area contributed by atoms with E-state index in [1.54, 1.807) is 17.7 Å². The molecule has 160 valence electrons.